The normalized spacial score (nSPS) is 10.4. The lowest BCUT2D eigenvalue weighted by molar-refractivity contribution is 0.151. The molecule has 0 saturated heterocycles. The van der Waals surface area contributed by atoms with Crippen LogP contribution in [-0.2, 0) is 0 Å². The second-order valence-electron chi connectivity index (χ2n) is 2.64. The van der Waals surface area contributed by atoms with Crippen LogP contribution in [0.25, 0.3) is 11.0 Å². The van der Waals surface area contributed by atoms with E-state index in [-0.39, 0.29) is 11.6 Å². The topological polar surface area (TPSA) is 83.5 Å². The monoisotopic (exact) mass is 192 g/mol. The third-order valence-electron chi connectivity index (χ3n) is 1.93. The zero-order valence-corrected chi connectivity index (χ0v) is 7.43. The van der Waals surface area contributed by atoms with E-state index in [1.165, 1.54) is 7.11 Å². The highest BCUT2D eigenvalue weighted by molar-refractivity contribution is 5.92. The largest absolute Gasteiger partial charge is 0.491 e. The molecule has 0 spiro atoms. The van der Waals surface area contributed by atoms with Gasteiger partial charge in [0.1, 0.15) is 7.11 Å². The first-order chi connectivity index (χ1) is 6.79. The Morgan fingerprint density at radius 3 is 3.07 bits per heavy atom. The molecule has 0 radical (unpaired) electrons. The number of rotatable bonds is 2. The summed E-state index contributed by atoms with van der Waals surface area (Å²) >= 11 is 0. The van der Waals surface area contributed by atoms with Crippen molar-refractivity contribution < 1.29 is 9.94 Å². The number of fused-ring (bicyclic) bond motifs is 1. The molecule has 2 heterocycles. The van der Waals surface area contributed by atoms with E-state index in [9.17, 15) is 5.11 Å². The van der Waals surface area contributed by atoms with Gasteiger partial charge in [0.25, 0.3) is 5.88 Å². The zero-order valence-electron chi connectivity index (χ0n) is 7.43. The molecule has 0 unspecified atom stereocenters. The van der Waals surface area contributed by atoms with Crippen molar-refractivity contribution in [2.45, 2.75) is 0 Å². The number of aromatic hydroxyl groups is 1. The molecule has 0 fully saturated rings. The quantitative estimate of drug-likeness (QED) is 0.706. The van der Waals surface area contributed by atoms with Gasteiger partial charge < -0.3 is 9.94 Å². The van der Waals surface area contributed by atoms with Crippen molar-refractivity contribution >= 4 is 16.7 Å². The molecule has 0 aliphatic heterocycles. The number of nitrogens with zero attached hydrogens (tertiary/aromatic N) is 3. The van der Waals surface area contributed by atoms with Crippen LogP contribution >= 0.6 is 0 Å². The maximum Gasteiger partial charge on any atom is 0.256 e. The smallest absolute Gasteiger partial charge is 0.256 e. The standard InChI is InChI=1S/C8H8N4O2/c1-14-12-7-5(3-2-4-10-7)6(11-9)8(12)13/h2-4,9,13H,1H3. The molecular weight excluding hydrogens is 184 g/mol. The molecule has 14 heavy (non-hydrogen) atoms. The van der Waals surface area contributed by atoms with E-state index in [1.807, 2.05) is 0 Å². The summed E-state index contributed by atoms with van der Waals surface area (Å²) in [4.78, 5) is 8.92. The summed E-state index contributed by atoms with van der Waals surface area (Å²) in [6.45, 7) is 0. The van der Waals surface area contributed by atoms with Gasteiger partial charge >= 0.3 is 0 Å². The first-order valence-electron chi connectivity index (χ1n) is 3.90. The fourth-order valence-corrected chi connectivity index (χ4v) is 1.34. The highest BCUT2D eigenvalue weighted by Crippen LogP contribution is 2.36. The molecule has 0 saturated carbocycles. The molecule has 2 rings (SSSR count). The van der Waals surface area contributed by atoms with Crippen LogP contribution in [0.15, 0.2) is 23.4 Å². The number of hydrogen-bond donors (Lipinski definition) is 2. The molecule has 2 aromatic rings. The van der Waals surface area contributed by atoms with Crippen molar-refractivity contribution in [1.29, 1.82) is 5.53 Å². The summed E-state index contributed by atoms with van der Waals surface area (Å²) in [6.07, 6.45) is 1.57. The molecule has 0 amide bonds. The van der Waals surface area contributed by atoms with E-state index in [0.717, 1.165) is 4.73 Å². The van der Waals surface area contributed by atoms with E-state index in [2.05, 4.69) is 10.1 Å². The van der Waals surface area contributed by atoms with Crippen LogP contribution in [0.2, 0.25) is 0 Å². The molecule has 6 heteroatoms. The van der Waals surface area contributed by atoms with Gasteiger partial charge in [-0.05, 0) is 12.1 Å². The Morgan fingerprint density at radius 1 is 1.64 bits per heavy atom. The maximum absolute atomic E-state index is 9.60. The van der Waals surface area contributed by atoms with Gasteiger partial charge in [-0.25, -0.2) is 10.5 Å². The molecule has 0 aliphatic carbocycles. The van der Waals surface area contributed by atoms with Crippen LogP contribution in [0, 0.1) is 5.53 Å². The molecule has 6 nitrogen and oxygen atoms in total. The Bertz CT molecular complexity index is 491. The summed E-state index contributed by atoms with van der Waals surface area (Å²) in [5.41, 5.74) is 7.53. The molecule has 0 aromatic carbocycles. The second-order valence-corrected chi connectivity index (χ2v) is 2.64. The van der Waals surface area contributed by atoms with Crippen molar-refractivity contribution in [3.63, 3.8) is 0 Å². The average Bonchev–Trinajstić information content (AvgIpc) is 2.49. The Hall–Kier alpha value is -2.11. The van der Waals surface area contributed by atoms with Gasteiger partial charge in [-0.3, -0.25) is 0 Å². The van der Waals surface area contributed by atoms with E-state index in [1.54, 1.807) is 18.3 Å². The minimum Gasteiger partial charge on any atom is -0.491 e. The lowest BCUT2D eigenvalue weighted by atomic mass is 10.3. The Morgan fingerprint density at radius 2 is 2.43 bits per heavy atom. The fourth-order valence-electron chi connectivity index (χ4n) is 1.34. The van der Waals surface area contributed by atoms with Gasteiger partial charge in [0.15, 0.2) is 11.3 Å². The third kappa shape index (κ3) is 0.936. The van der Waals surface area contributed by atoms with Crippen LogP contribution in [0.5, 0.6) is 5.88 Å². The van der Waals surface area contributed by atoms with Crippen molar-refractivity contribution in [3.8, 4) is 5.88 Å². The molecule has 0 atom stereocenters. The lowest BCUT2D eigenvalue weighted by Gasteiger charge is -2.01. The maximum atomic E-state index is 9.60. The average molecular weight is 192 g/mol. The van der Waals surface area contributed by atoms with Gasteiger partial charge in [0, 0.05) is 6.20 Å². The molecular formula is C8H8N4O2. The first-order valence-corrected chi connectivity index (χ1v) is 3.90. The predicted molar refractivity (Wildman–Crippen MR) is 48.7 cm³/mol. The van der Waals surface area contributed by atoms with Gasteiger partial charge in [-0.2, -0.15) is 5.11 Å². The second kappa shape index (κ2) is 2.99. The molecule has 72 valence electrons. The first kappa shape index (κ1) is 8.49. The summed E-state index contributed by atoms with van der Waals surface area (Å²) in [7, 11) is 1.40. The van der Waals surface area contributed by atoms with Gasteiger partial charge in [-0.15, -0.1) is 4.73 Å². The molecule has 2 N–H and O–H groups in total. The van der Waals surface area contributed by atoms with Crippen molar-refractivity contribution in [2.24, 2.45) is 5.11 Å². The highest BCUT2D eigenvalue weighted by atomic mass is 16.7. The van der Waals surface area contributed by atoms with Crippen LogP contribution in [0.4, 0.5) is 5.69 Å². The van der Waals surface area contributed by atoms with Crippen LogP contribution < -0.4 is 4.84 Å². The minimum absolute atomic E-state index is 0.162. The van der Waals surface area contributed by atoms with E-state index in [0.29, 0.717) is 11.0 Å². The van der Waals surface area contributed by atoms with Gasteiger partial charge in [0.2, 0.25) is 0 Å². The predicted octanol–water partition coefficient (Wildman–Crippen LogP) is 1.46. The number of pyridine rings is 1. The van der Waals surface area contributed by atoms with Crippen LogP contribution in [0.1, 0.15) is 0 Å². The van der Waals surface area contributed by atoms with Gasteiger partial charge in [-0.1, -0.05) is 0 Å². The zero-order chi connectivity index (χ0) is 10.1. The highest BCUT2D eigenvalue weighted by Gasteiger charge is 2.17. The molecule has 0 aliphatic rings. The van der Waals surface area contributed by atoms with Crippen molar-refractivity contribution in [2.75, 3.05) is 7.11 Å². The van der Waals surface area contributed by atoms with Crippen LogP contribution in [-0.4, -0.2) is 21.9 Å². The van der Waals surface area contributed by atoms with E-state index >= 15 is 0 Å². The van der Waals surface area contributed by atoms with E-state index < -0.39 is 0 Å². The third-order valence-corrected chi connectivity index (χ3v) is 1.93. The Balaban J connectivity index is 2.91. The summed E-state index contributed by atoms with van der Waals surface area (Å²) in [6, 6.07) is 3.42. The Kier molecular flexibility index (Phi) is 1.81. The summed E-state index contributed by atoms with van der Waals surface area (Å²) < 4.78 is 1.13. The SMILES string of the molecule is COn1c(O)c(N=N)c2cccnc21. The fraction of sp³-hybridized carbons (Fsp3) is 0.125. The molecule has 0 bridgehead atoms. The van der Waals surface area contributed by atoms with Crippen LogP contribution in [0.3, 0.4) is 0 Å². The number of aromatic nitrogens is 2. The van der Waals surface area contributed by atoms with Crippen molar-refractivity contribution in [1.82, 2.24) is 9.71 Å². The molecule has 2 aromatic heterocycles. The number of nitrogens with one attached hydrogen (secondary N) is 1. The van der Waals surface area contributed by atoms with E-state index in [4.69, 9.17) is 10.4 Å². The summed E-state index contributed by atoms with van der Waals surface area (Å²) in [5, 5.41) is 13.4. The summed E-state index contributed by atoms with van der Waals surface area (Å²) in [5.74, 6) is -0.212. The minimum atomic E-state index is -0.212. The Labute approximate surface area is 79.2 Å². The van der Waals surface area contributed by atoms with Gasteiger partial charge in [0.05, 0.1) is 5.39 Å². The lowest BCUT2D eigenvalue weighted by Crippen LogP contribution is -2.04. The van der Waals surface area contributed by atoms with Crippen molar-refractivity contribution in [3.05, 3.63) is 18.3 Å². The number of hydrogen-bond acceptors (Lipinski definition) is 5.